The third kappa shape index (κ3) is 4.02. The molecule has 0 spiro atoms. The van der Waals surface area contributed by atoms with E-state index in [0.29, 0.717) is 28.2 Å². The molecule has 0 aliphatic heterocycles. The highest BCUT2D eigenvalue weighted by Gasteiger charge is 2.29. The van der Waals surface area contributed by atoms with Crippen molar-refractivity contribution in [1.82, 2.24) is 25.3 Å². The third-order valence-electron chi connectivity index (χ3n) is 4.51. The van der Waals surface area contributed by atoms with Gasteiger partial charge in [0.1, 0.15) is 24.1 Å². The van der Waals surface area contributed by atoms with Gasteiger partial charge in [0.25, 0.3) is 0 Å². The first kappa shape index (κ1) is 19.6. The molecule has 0 aliphatic rings. The molecule has 3 heterocycles. The summed E-state index contributed by atoms with van der Waals surface area (Å²) in [6.07, 6.45) is -1.09. The first-order valence-electron chi connectivity index (χ1n) is 9.12. The molecule has 7 nitrogen and oxygen atoms in total. The number of nitrogens with zero attached hydrogens (tertiary/aromatic N) is 3. The van der Waals surface area contributed by atoms with Crippen molar-refractivity contribution in [1.29, 1.82) is 0 Å². The molecule has 0 aliphatic carbocycles. The molecule has 0 saturated carbocycles. The van der Waals surface area contributed by atoms with Gasteiger partial charge in [0, 0.05) is 33.0 Å². The van der Waals surface area contributed by atoms with Gasteiger partial charge in [-0.05, 0) is 31.2 Å². The van der Waals surface area contributed by atoms with E-state index in [1.165, 1.54) is 6.92 Å². The van der Waals surface area contributed by atoms with Crippen molar-refractivity contribution in [3.63, 3.8) is 0 Å². The monoisotopic (exact) mass is 420 g/mol. The highest BCUT2D eigenvalue weighted by molar-refractivity contribution is 5.96. The van der Waals surface area contributed by atoms with Crippen molar-refractivity contribution in [3.05, 3.63) is 48.8 Å². The fraction of sp³-hybridized carbons (Fsp3) is 0.200. The van der Waals surface area contributed by atoms with Crippen molar-refractivity contribution in [2.24, 2.45) is 0 Å². The van der Waals surface area contributed by atoms with Crippen LogP contribution < -0.4 is 10.6 Å². The van der Waals surface area contributed by atoms with E-state index in [2.05, 4.69) is 25.3 Å². The average Bonchev–Trinajstić information content (AvgIpc) is 3.20. The van der Waals surface area contributed by atoms with Gasteiger partial charge in [-0.3, -0.25) is 4.79 Å². The Bertz CT molecular complexity index is 1230. The lowest BCUT2D eigenvalue weighted by Crippen LogP contribution is -2.42. The molecule has 160 valence electrons. The molecule has 1 atom stereocenters. The summed E-state index contributed by atoms with van der Waals surface area (Å²) in [5.41, 5.74) is 2.05. The van der Waals surface area contributed by atoms with Crippen LogP contribution in [0.3, 0.4) is 0 Å². The average molecular weight is 420 g/mol. The van der Waals surface area contributed by atoms with Gasteiger partial charge in [0.05, 0.1) is 5.52 Å². The third-order valence-corrected chi connectivity index (χ3v) is 4.51. The lowest BCUT2D eigenvalue weighted by Gasteiger charge is -2.17. The number of anilines is 1. The van der Waals surface area contributed by atoms with E-state index in [1.807, 2.05) is 17.4 Å². The summed E-state index contributed by atoms with van der Waals surface area (Å²) in [6.45, 7) is 0.0785. The molecule has 3 N–H and O–H groups in total. The standard InChI is InChI=1S/C20H17F3N6O.3H2/c1-11(19(30)26-10-20(21,22)23)27-18-14-4-2-3-5-15(14)28-17(29-18)13-7-9-25-16-12(13)6-8-24-16;;;/h2-9,11H,10H2,1H3,(H,24,25)(H,26,30)(H,27,28,29);3*1H/t11-;;;/m1.../s1. The zero-order valence-corrected chi connectivity index (χ0v) is 15.8. The molecule has 0 unspecified atom stereocenters. The van der Waals surface area contributed by atoms with E-state index in [1.54, 1.807) is 36.7 Å². The number of benzene rings is 1. The van der Waals surface area contributed by atoms with Crippen LogP contribution >= 0.6 is 0 Å². The number of hydrogen-bond acceptors (Lipinski definition) is 5. The van der Waals surface area contributed by atoms with Crippen LogP contribution in [0.1, 0.15) is 11.2 Å². The molecule has 0 fully saturated rings. The number of fused-ring (bicyclic) bond motifs is 2. The smallest absolute Gasteiger partial charge is 0.358 e. The Hall–Kier alpha value is -3.69. The van der Waals surface area contributed by atoms with Crippen LogP contribution in [-0.2, 0) is 4.79 Å². The molecule has 4 rings (SSSR count). The molecule has 1 amide bonds. The largest absolute Gasteiger partial charge is 0.405 e. The number of carbonyl (C=O) groups excluding carboxylic acids is 1. The number of amides is 1. The van der Waals surface area contributed by atoms with Gasteiger partial charge >= 0.3 is 6.18 Å². The number of pyridine rings is 1. The van der Waals surface area contributed by atoms with Gasteiger partial charge in [-0.15, -0.1) is 0 Å². The van der Waals surface area contributed by atoms with Crippen LogP contribution in [-0.4, -0.2) is 44.6 Å². The fourth-order valence-electron chi connectivity index (χ4n) is 3.07. The van der Waals surface area contributed by atoms with Gasteiger partial charge < -0.3 is 15.6 Å². The molecule has 30 heavy (non-hydrogen) atoms. The summed E-state index contributed by atoms with van der Waals surface area (Å²) < 4.78 is 37.2. The molecule has 10 heteroatoms. The van der Waals surface area contributed by atoms with Crippen LogP contribution in [0.2, 0.25) is 0 Å². The van der Waals surface area contributed by atoms with Crippen molar-refractivity contribution in [3.8, 4) is 11.4 Å². The number of alkyl halides is 3. The maximum absolute atomic E-state index is 12.4. The number of hydrogen-bond donors (Lipinski definition) is 3. The highest BCUT2D eigenvalue weighted by Crippen LogP contribution is 2.29. The lowest BCUT2D eigenvalue weighted by molar-refractivity contribution is -0.138. The van der Waals surface area contributed by atoms with Crippen LogP contribution in [0.5, 0.6) is 0 Å². The summed E-state index contributed by atoms with van der Waals surface area (Å²) in [4.78, 5) is 28.6. The van der Waals surface area contributed by atoms with E-state index in [4.69, 9.17) is 0 Å². The number of aromatic nitrogens is 4. The summed E-state index contributed by atoms with van der Waals surface area (Å²) in [6, 6.07) is 9.89. The SMILES string of the molecule is C[C@@H](Nc1nc(-c2ccnc3[nH]ccc23)nc2ccccc12)C(=O)NCC(F)(F)F.[HH].[HH].[HH]. The normalized spacial score (nSPS) is 12.8. The van der Waals surface area contributed by atoms with E-state index in [-0.39, 0.29) is 4.28 Å². The first-order valence-corrected chi connectivity index (χ1v) is 9.12. The van der Waals surface area contributed by atoms with Gasteiger partial charge in [-0.2, -0.15) is 13.2 Å². The predicted molar refractivity (Wildman–Crippen MR) is 113 cm³/mol. The minimum absolute atomic E-state index is 0. The molecule has 1 aromatic carbocycles. The zero-order chi connectivity index (χ0) is 21.3. The molecule has 0 bridgehead atoms. The summed E-state index contributed by atoms with van der Waals surface area (Å²) in [5.74, 6) is -0.0228. The Morgan fingerprint density at radius 3 is 2.77 bits per heavy atom. The molecular formula is C20H23F3N6O. The second kappa shape index (κ2) is 7.62. The van der Waals surface area contributed by atoms with Gasteiger partial charge in [-0.25, -0.2) is 15.0 Å². The summed E-state index contributed by atoms with van der Waals surface area (Å²) in [7, 11) is 0. The number of aromatic amines is 1. The van der Waals surface area contributed by atoms with Crippen molar-refractivity contribution < 1.29 is 22.2 Å². The van der Waals surface area contributed by atoms with Crippen molar-refractivity contribution >= 4 is 33.7 Å². The highest BCUT2D eigenvalue weighted by atomic mass is 19.4. The minimum Gasteiger partial charge on any atom is -0.358 e. The second-order valence-electron chi connectivity index (χ2n) is 6.71. The number of rotatable bonds is 5. The van der Waals surface area contributed by atoms with E-state index < -0.39 is 24.7 Å². The van der Waals surface area contributed by atoms with Crippen LogP contribution in [0.4, 0.5) is 19.0 Å². The minimum atomic E-state index is -4.48. The Morgan fingerprint density at radius 2 is 1.97 bits per heavy atom. The van der Waals surface area contributed by atoms with E-state index >= 15 is 0 Å². The second-order valence-corrected chi connectivity index (χ2v) is 6.71. The first-order chi connectivity index (χ1) is 14.3. The number of nitrogens with one attached hydrogen (secondary N) is 3. The number of para-hydroxylation sites is 1. The molecule has 0 radical (unpaired) electrons. The van der Waals surface area contributed by atoms with Crippen LogP contribution in [0.25, 0.3) is 33.3 Å². The topological polar surface area (TPSA) is 95.6 Å². The van der Waals surface area contributed by atoms with E-state index in [0.717, 1.165) is 10.9 Å². The Balaban J connectivity index is 0.00000181. The molecular weight excluding hydrogens is 397 g/mol. The summed E-state index contributed by atoms with van der Waals surface area (Å²) in [5, 5.41) is 6.27. The molecule has 3 aromatic heterocycles. The van der Waals surface area contributed by atoms with Crippen molar-refractivity contribution in [2.45, 2.75) is 19.1 Å². The predicted octanol–water partition coefficient (Wildman–Crippen LogP) is 4.39. The Morgan fingerprint density at radius 1 is 1.17 bits per heavy atom. The maximum atomic E-state index is 12.4. The van der Waals surface area contributed by atoms with E-state index in [9.17, 15) is 18.0 Å². The van der Waals surface area contributed by atoms with Gasteiger partial charge in [0.2, 0.25) is 5.91 Å². The quantitative estimate of drug-likeness (QED) is 0.445. The fourth-order valence-corrected chi connectivity index (χ4v) is 3.07. The molecule has 4 aromatic rings. The van der Waals surface area contributed by atoms with Crippen LogP contribution in [0.15, 0.2) is 48.8 Å². The molecule has 0 saturated heterocycles. The van der Waals surface area contributed by atoms with Gasteiger partial charge in [0.15, 0.2) is 5.82 Å². The zero-order valence-electron chi connectivity index (χ0n) is 15.8. The van der Waals surface area contributed by atoms with Gasteiger partial charge in [-0.1, -0.05) is 12.1 Å². The van der Waals surface area contributed by atoms with Crippen LogP contribution in [0, 0.1) is 0 Å². The Kier molecular flexibility index (Phi) is 4.98. The number of H-pyrrole nitrogens is 1. The van der Waals surface area contributed by atoms with Crippen molar-refractivity contribution in [2.75, 3.05) is 11.9 Å². The number of halogens is 3. The maximum Gasteiger partial charge on any atom is 0.405 e. The lowest BCUT2D eigenvalue weighted by atomic mass is 10.1. The number of carbonyl (C=O) groups is 1. The Labute approximate surface area is 173 Å². The summed E-state index contributed by atoms with van der Waals surface area (Å²) >= 11 is 0.